The predicted molar refractivity (Wildman–Crippen MR) is 84.9 cm³/mol. The molecule has 0 N–H and O–H groups in total. The third-order valence-corrected chi connectivity index (χ3v) is 5.37. The zero-order valence-corrected chi connectivity index (χ0v) is 14.3. The molecule has 0 rings (SSSR count). The maximum atomic E-state index is 2.46. The van der Waals surface area contributed by atoms with Crippen molar-refractivity contribution in [2.45, 2.75) is 87.5 Å². The Balaban J connectivity index is 4.37. The Kier molecular flexibility index (Phi) is 8.23. The van der Waals surface area contributed by atoms with Crippen molar-refractivity contribution < 1.29 is 0 Å². The van der Waals surface area contributed by atoms with E-state index in [2.05, 4.69) is 55.4 Å². The van der Waals surface area contributed by atoms with E-state index in [1.54, 1.807) is 0 Å². The summed E-state index contributed by atoms with van der Waals surface area (Å²) >= 11 is 0. The van der Waals surface area contributed by atoms with Gasteiger partial charge in [0.05, 0.1) is 0 Å². The minimum atomic E-state index is 0.502. The van der Waals surface area contributed by atoms with Crippen LogP contribution in [0.15, 0.2) is 0 Å². The van der Waals surface area contributed by atoms with Crippen molar-refractivity contribution in [2.24, 2.45) is 29.1 Å². The van der Waals surface area contributed by atoms with Crippen molar-refractivity contribution in [3.8, 4) is 0 Å². The molecule has 0 fully saturated rings. The van der Waals surface area contributed by atoms with Gasteiger partial charge in [0.15, 0.2) is 0 Å². The molecule has 0 aromatic rings. The van der Waals surface area contributed by atoms with Gasteiger partial charge in [-0.05, 0) is 35.5 Å². The van der Waals surface area contributed by atoms with E-state index >= 15 is 0 Å². The summed E-state index contributed by atoms with van der Waals surface area (Å²) in [5.41, 5.74) is 0.502. The highest BCUT2D eigenvalue weighted by atomic mass is 14.4. The molecular formula is C18H38. The van der Waals surface area contributed by atoms with Crippen molar-refractivity contribution in [3.05, 3.63) is 0 Å². The molecule has 3 unspecified atom stereocenters. The lowest BCUT2D eigenvalue weighted by molar-refractivity contribution is 0.126. The molecule has 0 aromatic heterocycles. The predicted octanol–water partition coefficient (Wildman–Crippen LogP) is 6.55. The van der Waals surface area contributed by atoms with Crippen LogP contribution in [0.3, 0.4) is 0 Å². The van der Waals surface area contributed by atoms with Gasteiger partial charge in [0.1, 0.15) is 0 Å². The van der Waals surface area contributed by atoms with Crippen LogP contribution in [-0.2, 0) is 0 Å². The van der Waals surface area contributed by atoms with Gasteiger partial charge in [0.2, 0.25) is 0 Å². The topological polar surface area (TPSA) is 0 Å². The molecule has 0 aromatic carbocycles. The Labute approximate surface area is 117 Å². The zero-order chi connectivity index (χ0) is 14.3. The minimum Gasteiger partial charge on any atom is -0.0654 e. The average molecular weight is 255 g/mol. The molecule has 3 atom stereocenters. The summed E-state index contributed by atoms with van der Waals surface area (Å²) in [7, 11) is 0. The summed E-state index contributed by atoms with van der Waals surface area (Å²) in [5.74, 6) is 3.47. The fraction of sp³-hybridized carbons (Fsp3) is 1.00. The Bertz CT molecular complexity index is 202. The van der Waals surface area contributed by atoms with Crippen molar-refractivity contribution in [3.63, 3.8) is 0 Å². The molecule has 0 spiro atoms. The number of hydrogen-bond acceptors (Lipinski definition) is 0. The molecule has 0 radical (unpaired) electrons. The molecule has 0 heteroatoms. The summed E-state index contributed by atoms with van der Waals surface area (Å²) in [4.78, 5) is 0. The fourth-order valence-corrected chi connectivity index (χ4v) is 3.36. The van der Waals surface area contributed by atoms with Gasteiger partial charge in [-0.15, -0.1) is 0 Å². The van der Waals surface area contributed by atoms with E-state index in [1.807, 2.05) is 0 Å². The number of rotatable bonds is 9. The molecule has 0 nitrogen and oxygen atoms in total. The van der Waals surface area contributed by atoms with Crippen LogP contribution >= 0.6 is 0 Å². The highest BCUT2D eigenvalue weighted by molar-refractivity contribution is 4.80. The van der Waals surface area contributed by atoms with Crippen LogP contribution in [0.25, 0.3) is 0 Å². The maximum absolute atomic E-state index is 2.46. The van der Waals surface area contributed by atoms with Crippen LogP contribution in [0.5, 0.6) is 0 Å². The third kappa shape index (κ3) is 5.76. The zero-order valence-electron chi connectivity index (χ0n) is 14.3. The van der Waals surface area contributed by atoms with Gasteiger partial charge in [-0.25, -0.2) is 0 Å². The Morgan fingerprint density at radius 1 is 0.778 bits per heavy atom. The van der Waals surface area contributed by atoms with Crippen LogP contribution in [0, 0.1) is 29.1 Å². The molecule has 0 saturated carbocycles. The van der Waals surface area contributed by atoms with Crippen molar-refractivity contribution in [1.82, 2.24) is 0 Å². The molecule has 0 aliphatic rings. The SMILES string of the molecule is CCCC(C)C(C)CCC(C(C)C)C(C)(C)CC. The van der Waals surface area contributed by atoms with Gasteiger partial charge in [-0.1, -0.05) is 81.1 Å². The fourth-order valence-electron chi connectivity index (χ4n) is 3.36. The van der Waals surface area contributed by atoms with Crippen molar-refractivity contribution >= 4 is 0 Å². The van der Waals surface area contributed by atoms with E-state index in [1.165, 1.54) is 32.1 Å². The average Bonchev–Trinajstić information content (AvgIpc) is 2.28. The van der Waals surface area contributed by atoms with Crippen LogP contribution in [-0.4, -0.2) is 0 Å². The first kappa shape index (κ1) is 18.0. The second kappa shape index (κ2) is 8.23. The molecule has 110 valence electrons. The molecule has 0 amide bonds. The van der Waals surface area contributed by atoms with Gasteiger partial charge >= 0.3 is 0 Å². The minimum absolute atomic E-state index is 0.502. The van der Waals surface area contributed by atoms with Crippen molar-refractivity contribution in [2.75, 3.05) is 0 Å². The van der Waals surface area contributed by atoms with E-state index in [-0.39, 0.29) is 0 Å². The van der Waals surface area contributed by atoms with E-state index < -0.39 is 0 Å². The van der Waals surface area contributed by atoms with Gasteiger partial charge < -0.3 is 0 Å². The van der Waals surface area contributed by atoms with Gasteiger partial charge in [0.25, 0.3) is 0 Å². The van der Waals surface area contributed by atoms with Gasteiger partial charge in [0, 0.05) is 0 Å². The Morgan fingerprint density at radius 2 is 1.28 bits per heavy atom. The highest BCUT2D eigenvalue weighted by Gasteiger charge is 2.30. The standard InChI is InChI=1S/C18H38/c1-9-11-15(5)16(6)12-13-17(14(3)4)18(7,8)10-2/h14-17H,9-13H2,1-8H3. The molecule has 0 heterocycles. The van der Waals surface area contributed by atoms with E-state index in [4.69, 9.17) is 0 Å². The summed E-state index contributed by atoms with van der Waals surface area (Å²) in [6.45, 7) is 19.3. The monoisotopic (exact) mass is 254 g/mol. The second-order valence-electron chi connectivity index (χ2n) is 7.51. The first-order valence-corrected chi connectivity index (χ1v) is 8.26. The lowest BCUT2D eigenvalue weighted by atomic mass is 9.68. The molecule has 0 saturated heterocycles. The van der Waals surface area contributed by atoms with E-state index in [0.717, 1.165) is 23.7 Å². The maximum Gasteiger partial charge on any atom is -0.0326 e. The Hall–Kier alpha value is 0. The third-order valence-electron chi connectivity index (χ3n) is 5.37. The van der Waals surface area contributed by atoms with E-state index in [9.17, 15) is 0 Å². The molecular weight excluding hydrogens is 216 g/mol. The normalized spacial score (nSPS) is 17.8. The van der Waals surface area contributed by atoms with E-state index in [0.29, 0.717) is 5.41 Å². The molecule has 18 heavy (non-hydrogen) atoms. The van der Waals surface area contributed by atoms with Crippen LogP contribution in [0.1, 0.15) is 87.5 Å². The van der Waals surface area contributed by atoms with Crippen LogP contribution in [0.2, 0.25) is 0 Å². The quantitative estimate of drug-likeness (QED) is 0.438. The number of hydrogen-bond donors (Lipinski definition) is 0. The highest BCUT2D eigenvalue weighted by Crippen LogP contribution is 2.40. The summed E-state index contributed by atoms with van der Waals surface area (Å²) in [6.07, 6.45) is 6.85. The van der Waals surface area contributed by atoms with Gasteiger partial charge in [-0.2, -0.15) is 0 Å². The lowest BCUT2D eigenvalue weighted by Crippen LogP contribution is -2.28. The molecule has 0 bridgehead atoms. The second-order valence-corrected chi connectivity index (χ2v) is 7.51. The summed E-state index contributed by atoms with van der Waals surface area (Å²) in [5, 5.41) is 0. The molecule has 0 aliphatic heterocycles. The first-order chi connectivity index (χ1) is 8.26. The van der Waals surface area contributed by atoms with Gasteiger partial charge in [-0.3, -0.25) is 0 Å². The first-order valence-electron chi connectivity index (χ1n) is 8.26. The van der Waals surface area contributed by atoms with Crippen LogP contribution < -0.4 is 0 Å². The summed E-state index contributed by atoms with van der Waals surface area (Å²) in [6, 6.07) is 0. The lowest BCUT2D eigenvalue weighted by Gasteiger charge is -2.37. The molecule has 0 aliphatic carbocycles. The Morgan fingerprint density at radius 3 is 1.67 bits per heavy atom. The summed E-state index contributed by atoms with van der Waals surface area (Å²) < 4.78 is 0. The van der Waals surface area contributed by atoms with Crippen LogP contribution in [0.4, 0.5) is 0 Å². The largest absolute Gasteiger partial charge is 0.0654 e. The van der Waals surface area contributed by atoms with Crippen molar-refractivity contribution in [1.29, 1.82) is 0 Å². The smallest absolute Gasteiger partial charge is 0.0326 e.